The minimum atomic E-state index is -0.350. The normalized spacial score (nSPS) is 11.4. The molecule has 0 aliphatic carbocycles. The lowest BCUT2D eigenvalue weighted by molar-refractivity contribution is 0.597. The molecule has 0 saturated heterocycles. The van der Waals surface area contributed by atoms with Crippen LogP contribution in [0.5, 0.6) is 0 Å². The molecular weight excluding hydrogens is 258 g/mol. The van der Waals surface area contributed by atoms with E-state index >= 15 is 0 Å². The molecule has 0 aromatic carbocycles. The Kier molecular flexibility index (Phi) is 4.08. The Bertz CT molecular complexity index is 738. The third-order valence-electron chi connectivity index (χ3n) is 3.52. The molecule has 0 saturated carbocycles. The highest BCUT2D eigenvalue weighted by atomic mass is 16.2. The fourth-order valence-corrected chi connectivity index (χ4v) is 2.41. The maximum absolute atomic E-state index is 12.2. The minimum Gasteiger partial charge on any atom is -0.330 e. The second-order valence-electron chi connectivity index (χ2n) is 4.95. The van der Waals surface area contributed by atoms with Crippen molar-refractivity contribution >= 4 is 11.2 Å². The van der Waals surface area contributed by atoms with Gasteiger partial charge in [0.1, 0.15) is 11.5 Å². The SMILES string of the molecule is CCCCn1c(CCN)nc2c(=O)n(C)c(=O)n(C)c21. The van der Waals surface area contributed by atoms with Gasteiger partial charge in [-0.3, -0.25) is 13.9 Å². The van der Waals surface area contributed by atoms with Crippen LogP contribution in [0.4, 0.5) is 0 Å². The van der Waals surface area contributed by atoms with Gasteiger partial charge in [-0.25, -0.2) is 9.78 Å². The Balaban J connectivity index is 2.82. The van der Waals surface area contributed by atoms with Gasteiger partial charge in [0.05, 0.1) is 0 Å². The van der Waals surface area contributed by atoms with E-state index in [0.29, 0.717) is 24.1 Å². The second kappa shape index (κ2) is 5.62. The van der Waals surface area contributed by atoms with Crippen molar-refractivity contribution < 1.29 is 0 Å². The van der Waals surface area contributed by atoms with Crippen molar-refractivity contribution in [3.8, 4) is 0 Å². The summed E-state index contributed by atoms with van der Waals surface area (Å²) in [5, 5.41) is 0. The topological polar surface area (TPSA) is 87.8 Å². The lowest BCUT2D eigenvalue weighted by Gasteiger charge is -2.10. The molecule has 2 N–H and O–H groups in total. The van der Waals surface area contributed by atoms with E-state index in [4.69, 9.17) is 5.73 Å². The van der Waals surface area contributed by atoms with Crippen LogP contribution in [0.3, 0.4) is 0 Å². The highest BCUT2D eigenvalue weighted by Crippen LogP contribution is 2.13. The van der Waals surface area contributed by atoms with Gasteiger partial charge >= 0.3 is 5.69 Å². The Morgan fingerprint density at radius 1 is 1.20 bits per heavy atom. The summed E-state index contributed by atoms with van der Waals surface area (Å²) < 4.78 is 4.53. The molecular formula is C13H21N5O2. The molecule has 0 bridgehead atoms. The predicted octanol–water partition coefficient (Wildman–Crippen LogP) is -0.265. The highest BCUT2D eigenvalue weighted by Gasteiger charge is 2.17. The average Bonchev–Trinajstić information content (AvgIpc) is 2.79. The summed E-state index contributed by atoms with van der Waals surface area (Å²) in [5.41, 5.74) is 5.86. The van der Waals surface area contributed by atoms with Crippen LogP contribution in [0.25, 0.3) is 11.2 Å². The number of aromatic nitrogens is 4. The lowest BCUT2D eigenvalue weighted by Crippen LogP contribution is -2.37. The number of nitrogens with zero attached hydrogens (tertiary/aromatic N) is 4. The molecule has 0 aliphatic heterocycles. The van der Waals surface area contributed by atoms with Crippen molar-refractivity contribution in [2.75, 3.05) is 6.54 Å². The van der Waals surface area contributed by atoms with E-state index in [0.717, 1.165) is 29.8 Å². The van der Waals surface area contributed by atoms with E-state index in [-0.39, 0.29) is 11.2 Å². The van der Waals surface area contributed by atoms with Gasteiger partial charge in [-0.1, -0.05) is 13.3 Å². The molecule has 2 heterocycles. The van der Waals surface area contributed by atoms with Crippen molar-refractivity contribution in [3.63, 3.8) is 0 Å². The zero-order valence-electron chi connectivity index (χ0n) is 12.2. The summed E-state index contributed by atoms with van der Waals surface area (Å²) in [5.74, 6) is 0.772. The molecule has 0 amide bonds. The van der Waals surface area contributed by atoms with Crippen LogP contribution in [0.1, 0.15) is 25.6 Å². The third kappa shape index (κ3) is 2.18. The minimum absolute atomic E-state index is 0.334. The fourth-order valence-electron chi connectivity index (χ4n) is 2.41. The van der Waals surface area contributed by atoms with Gasteiger partial charge in [0, 0.05) is 27.1 Å². The zero-order chi connectivity index (χ0) is 14.9. The van der Waals surface area contributed by atoms with Crippen molar-refractivity contribution in [2.45, 2.75) is 32.7 Å². The predicted molar refractivity (Wildman–Crippen MR) is 77.9 cm³/mol. The molecule has 2 rings (SSSR count). The van der Waals surface area contributed by atoms with Gasteiger partial charge in [0.2, 0.25) is 0 Å². The third-order valence-corrected chi connectivity index (χ3v) is 3.52. The first-order valence-electron chi connectivity index (χ1n) is 6.88. The summed E-state index contributed by atoms with van der Waals surface area (Å²) in [6, 6.07) is 0. The number of unbranched alkanes of at least 4 members (excludes halogenated alkanes) is 1. The number of imidazole rings is 1. The number of hydrogen-bond acceptors (Lipinski definition) is 4. The molecule has 0 spiro atoms. The molecule has 2 aromatic heterocycles. The van der Waals surface area contributed by atoms with E-state index in [1.807, 2.05) is 4.57 Å². The maximum atomic E-state index is 12.2. The molecule has 2 aromatic rings. The van der Waals surface area contributed by atoms with Gasteiger partial charge < -0.3 is 10.3 Å². The van der Waals surface area contributed by atoms with Crippen molar-refractivity contribution in [1.29, 1.82) is 0 Å². The summed E-state index contributed by atoms with van der Waals surface area (Å²) in [4.78, 5) is 28.7. The fraction of sp³-hybridized carbons (Fsp3) is 0.615. The maximum Gasteiger partial charge on any atom is 0.332 e. The van der Waals surface area contributed by atoms with Crippen LogP contribution in [-0.4, -0.2) is 25.2 Å². The van der Waals surface area contributed by atoms with Gasteiger partial charge in [-0.05, 0) is 13.0 Å². The first kappa shape index (κ1) is 14.5. The Morgan fingerprint density at radius 3 is 2.50 bits per heavy atom. The molecule has 0 radical (unpaired) electrons. The number of rotatable bonds is 5. The van der Waals surface area contributed by atoms with Crippen molar-refractivity contribution in [2.24, 2.45) is 19.8 Å². The smallest absolute Gasteiger partial charge is 0.330 e. The molecule has 0 aliphatic rings. The summed E-state index contributed by atoms with van der Waals surface area (Å²) in [7, 11) is 3.14. The van der Waals surface area contributed by atoms with E-state index in [9.17, 15) is 9.59 Å². The summed E-state index contributed by atoms with van der Waals surface area (Å²) in [6.07, 6.45) is 2.59. The summed E-state index contributed by atoms with van der Waals surface area (Å²) in [6.45, 7) is 3.30. The van der Waals surface area contributed by atoms with Crippen LogP contribution in [0, 0.1) is 0 Å². The molecule has 20 heavy (non-hydrogen) atoms. The molecule has 0 atom stereocenters. The molecule has 110 valence electrons. The largest absolute Gasteiger partial charge is 0.332 e. The quantitative estimate of drug-likeness (QED) is 0.816. The standard InChI is InChI=1S/C13H21N5O2/c1-4-5-8-18-9(6-7-14)15-10-11(18)16(2)13(20)17(3)12(10)19/h4-8,14H2,1-3H3. The van der Waals surface area contributed by atoms with Crippen LogP contribution in [0.15, 0.2) is 9.59 Å². The van der Waals surface area contributed by atoms with E-state index < -0.39 is 0 Å². The van der Waals surface area contributed by atoms with Crippen LogP contribution < -0.4 is 17.0 Å². The van der Waals surface area contributed by atoms with Gasteiger partial charge in [-0.2, -0.15) is 0 Å². The van der Waals surface area contributed by atoms with E-state index in [2.05, 4.69) is 11.9 Å². The van der Waals surface area contributed by atoms with Gasteiger partial charge in [-0.15, -0.1) is 0 Å². The van der Waals surface area contributed by atoms with Crippen molar-refractivity contribution in [1.82, 2.24) is 18.7 Å². The van der Waals surface area contributed by atoms with Gasteiger partial charge in [0.25, 0.3) is 5.56 Å². The Morgan fingerprint density at radius 2 is 1.90 bits per heavy atom. The Labute approximate surface area is 116 Å². The van der Waals surface area contributed by atoms with Gasteiger partial charge in [0.15, 0.2) is 5.52 Å². The number of fused-ring (bicyclic) bond motifs is 1. The number of nitrogens with two attached hydrogens (primary N) is 1. The zero-order valence-corrected chi connectivity index (χ0v) is 12.2. The number of aryl methyl sites for hydroxylation is 2. The molecule has 7 nitrogen and oxygen atoms in total. The molecule has 7 heteroatoms. The molecule has 0 fully saturated rings. The number of hydrogen-bond donors (Lipinski definition) is 1. The first-order chi connectivity index (χ1) is 9.52. The van der Waals surface area contributed by atoms with E-state index in [1.165, 1.54) is 11.6 Å². The van der Waals surface area contributed by atoms with Crippen LogP contribution in [-0.2, 0) is 27.1 Å². The average molecular weight is 279 g/mol. The second-order valence-corrected chi connectivity index (χ2v) is 4.95. The van der Waals surface area contributed by atoms with E-state index in [1.54, 1.807) is 7.05 Å². The monoisotopic (exact) mass is 279 g/mol. The summed E-state index contributed by atoms with van der Waals surface area (Å²) >= 11 is 0. The Hall–Kier alpha value is -1.89. The van der Waals surface area contributed by atoms with Crippen LogP contribution >= 0.6 is 0 Å². The lowest BCUT2D eigenvalue weighted by atomic mass is 10.3. The van der Waals surface area contributed by atoms with Crippen molar-refractivity contribution in [3.05, 3.63) is 26.7 Å². The highest BCUT2D eigenvalue weighted by molar-refractivity contribution is 5.70. The first-order valence-corrected chi connectivity index (χ1v) is 6.88. The molecule has 0 unspecified atom stereocenters. The van der Waals surface area contributed by atoms with Crippen LogP contribution in [0.2, 0.25) is 0 Å².